The molecule has 0 aromatic carbocycles. The molecule has 0 N–H and O–H groups in total. The lowest BCUT2D eigenvalue weighted by atomic mass is 10.2. The van der Waals surface area contributed by atoms with Gasteiger partial charge in [-0.15, -0.1) is 0 Å². The van der Waals surface area contributed by atoms with Gasteiger partial charge in [0.1, 0.15) is 12.8 Å². The van der Waals surface area contributed by atoms with Crippen molar-refractivity contribution in [1.29, 1.82) is 0 Å². The molecule has 3 rings (SSSR count). The SMILES string of the molecule is O=c1ccn2c(n1)OCC1CC(F)C2O1. The maximum Gasteiger partial charge on any atom is 0.302 e. The van der Waals surface area contributed by atoms with Crippen molar-refractivity contribution in [2.24, 2.45) is 0 Å². The predicted octanol–water partition coefficient (Wildman–Crippen LogP) is 0.261. The summed E-state index contributed by atoms with van der Waals surface area (Å²) in [6.07, 6.45) is -0.240. The van der Waals surface area contributed by atoms with Crippen LogP contribution >= 0.6 is 0 Å². The Kier molecular flexibility index (Phi) is 1.79. The lowest BCUT2D eigenvalue weighted by molar-refractivity contribution is -0.0137. The van der Waals surface area contributed by atoms with Crippen molar-refractivity contribution >= 4 is 0 Å². The number of halogens is 1. The molecular weight excluding hydrogens is 203 g/mol. The van der Waals surface area contributed by atoms with E-state index in [-0.39, 0.29) is 18.7 Å². The molecular formula is C9H9FN2O3. The van der Waals surface area contributed by atoms with Crippen LogP contribution in [0.3, 0.4) is 0 Å². The van der Waals surface area contributed by atoms with Crippen molar-refractivity contribution in [1.82, 2.24) is 9.55 Å². The summed E-state index contributed by atoms with van der Waals surface area (Å²) < 4.78 is 25.7. The third-order valence-corrected chi connectivity index (χ3v) is 2.61. The van der Waals surface area contributed by atoms with Gasteiger partial charge in [0.2, 0.25) is 0 Å². The predicted molar refractivity (Wildman–Crippen MR) is 47.4 cm³/mol. The average Bonchev–Trinajstić information content (AvgIpc) is 2.46. The third-order valence-electron chi connectivity index (χ3n) is 2.61. The van der Waals surface area contributed by atoms with E-state index in [0.717, 1.165) is 0 Å². The summed E-state index contributed by atoms with van der Waals surface area (Å²) in [4.78, 5) is 14.7. The van der Waals surface area contributed by atoms with Crippen molar-refractivity contribution in [3.8, 4) is 6.01 Å². The number of aromatic nitrogens is 2. The first-order valence-electron chi connectivity index (χ1n) is 4.75. The maximum absolute atomic E-state index is 13.5. The zero-order valence-electron chi connectivity index (χ0n) is 7.80. The van der Waals surface area contributed by atoms with Crippen LogP contribution in [0.1, 0.15) is 12.6 Å². The first-order valence-corrected chi connectivity index (χ1v) is 4.75. The number of rotatable bonds is 0. The van der Waals surface area contributed by atoms with Gasteiger partial charge in [-0.3, -0.25) is 9.36 Å². The van der Waals surface area contributed by atoms with E-state index in [1.54, 1.807) is 0 Å². The molecule has 1 aromatic rings. The molecule has 80 valence electrons. The summed E-state index contributed by atoms with van der Waals surface area (Å²) >= 11 is 0. The van der Waals surface area contributed by atoms with Crippen LogP contribution in [0.5, 0.6) is 6.01 Å². The molecule has 0 saturated carbocycles. The minimum atomic E-state index is -1.07. The molecule has 1 saturated heterocycles. The van der Waals surface area contributed by atoms with E-state index in [2.05, 4.69) is 4.98 Å². The molecule has 1 aromatic heterocycles. The second kappa shape index (κ2) is 3.03. The fourth-order valence-electron chi connectivity index (χ4n) is 1.92. The lowest BCUT2D eigenvalue weighted by Gasteiger charge is -2.17. The maximum atomic E-state index is 13.5. The minimum absolute atomic E-state index is 0.136. The first kappa shape index (κ1) is 8.84. The number of nitrogens with zero attached hydrogens (tertiary/aromatic N) is 2. The summed E-state index contributed by atoms with van der Waals surface area (Å²) in [5.74, 6) is 0. The highest BCUT2D eigenvalue weighted by molar-refractivity contribution is 5.04. The Morgan fingerprint density at radius 1 is 1.60 bits per heavy atom. The van der Waals surface area contributed by atoms with E-state index in [9.17, 15) is 9.18 Å². The van der Waals surface area contributed by atoms with Crippen LogP contribution in [0.4, 0.5) is 4.39 Å². The van der Waals surface area contributed by atoms with Gasteiger partial charge in [0, 0.05) is 18.7 Å². The standard InChI is InChI=1S/C9H9FN2O3/c10-6-3-5-4-14-9-11-7(13)1-2-12(9)8(6)15-5/h1-2,5-6,8H,3-4H2. The van der Waals surface area contributed by atoms with E-state index in [0.29, 0.717) is 6.42 Å². The van der Waals surface area contributed by atoms with Crippen LogP contribution < -0.4 is 10.3 Å². The molecule has 6 heteroatoms. The van der Waals surface area contributed by atoms with Gasteiger partial charge in [0.05, 0.1) is 6.10 Å². The van der Waals surface area contributed by atoms with Gasteiger partial charge in [-0.1, -0.05) is 0 Å². The van der Waals surface area contributed by atoms with E-state index < -0.39 is 18.0 Å². The molecule has 0 aliphatic carbocycles. The van der Waals surface area contributed by atoms with E-state index in [1.807, 2.05) is 0 Å². The normalized spacial score (nSPS) is 33.0. The van der Waals surface area contributed by atoms with Crippen molar-refractivity contribution in [2.75, 3.05) is 6.61 Å². The van der Waals surface area contributed by atoms with Crippen LogP contribution in [0.15, 0.2) is 17.1 Å². The summed E-state index contributed by atoms with van der Waals surface area (Å²) in [5, 5.41) is 0. The second-order valence-corrected chi connectivity index (χ2v) is 3.67. The van der Waals surface area contributed by atoms with Crippen LogP contribution in [0.2, 0.25) is 0 Å². The van der Waals surface area contributed by atoms with Crippen LogP contribution in [-0.4, -0.2) is 28.4 Å². The van der Waals surface area contributed by atoms with Crippen LogP contribution in [0, 0.1) is 0 Å². The van der Waals surface area contributed by atoms with Gasteiger partial charge in [-0.2, -0.15) is 4.98 Å². The molecule has 2 aliphatic heterocycles. The Bertz CT molecular complexity index is 447. The summed E-state index contributed by atoms with van der Waals surface area (Å²) in [7, 11) is 0. The fourth-order valence-corrected chi connectivity index (χ4v) is 1.92. The highest BCUT2D eigenvalue weighted by Gasteiger charge is 2.40. The second-order valence-electron chi connectivity index (χ2n) is 3.67. The number of hydrogen-bond acceptors (Lipinski definition) is 4. The molecule has 3 atom stereocenters. The Morgan fingerprint density at radius 2 is 2.47 bits per heavy atom. The quantitative estimate of drug-likeness (QED) is 0.619. The van der Waals surface area contributed by atoms with Gasteiger partial charge in [-0.25, -0.2) is 4.39 Å². The monoisotopic (exact) mass is 212 g/mol. The van der Waals surface area contributed by atoms with Gasteiger partial charge in [0.15, 0.2) is 6.23 Å². The van der Waals surface area contributed by atoms with Crippen LogP contribution in [-0.2, 0) is 4.74 Å². The molecule has 5 nitrogen and oxygen atoms in total. The third kappa shape index (κ3) is 1.32. The largest absolute Gasteiger partial charge is 0.462 e. The Morgan fingerprint density at radius 3 is 3.33 bits per heavy atom. The highest BCUT2D eigenvalue weighted by Crippen LogP contribution is 2.35. The smallest absolute Gasteiger partial charge is 0.302 e. The minimum Gasteiger partial charge on any atom is -0.462 e. The van der Waals surface area contributed by atoms with Crippen LogP contribution in [0.25, 0.3) is 0 Å². The summed E-state index contributed by atoms with van der Waals surface area (Å²) in [5.41, 5.74) is -0.394. The molecule has 3 unspecified atom stereocenters. The molecule has 0 spiro atoms. The van der Waals surface area contributed by atoms with Crippen molar-refractivity contribution in [3.05, 3.63) is 22.6 Å². The Labute approximate surface area is 84.4 Å². The molecule has 2 aliphatic rings. The van der Waals surface area contributed by atoms with Gasteiger partial charge in [0.25, 0.3) is 5.56 Å². The summed E-state index contributed by atoms with van der Waals surface area (Å²) in [6, 6.07) is 1.40. The zero-order chi connectivity index (χ0) is 10.4. The van der Waals surface area contributed by atoms with E-state index in [4.69, 9.17) is 9.47 Å². The van der Waals surface area contributed by atoms with Crippen molar-refractivity contribution in [3.63, 3.8) is 0 Å². The first-order chi connectivity index (χ1) is 7.24. The van der Waals surface area contributed by atoms with Gasteiger partial charge < -0.3 is 9.47 Å². The molecule has 15 heavy (non-hydrogen) atoms. The number of hydrogen-bond donors (Lipinski definition) is 0. The number of fused-ring (bicyclic) bond motifs is 4. The molecule has 1 fully saturated rings. The molecule has 3 heterocycles. The van der Waals surface area contributed by atoms with Crippen molar-refractivity contribution in [2.45, 2.75) is 24.9 Å². The molecule has 0 amide bonds. The van der Waals surface area contributed by atoms with Gasteiger partial charge >= 0.3 is 6.01 Å². The summed E-state index contributed by atoms with van der Waals surface area (Å²) in [6.45, 7) is 0.243. The fraction of sp³-hybridized carbons (Fsp3) is 0.556. The van der Waals surface area contributed by atoms with Gasteiger partial charge in [-0.05, 0) is 0 Å². The van der Waals surface area contributed by atoms with E-state index >= 15 is 0 Å². The lowest BCUT2D eigenvalue weighted by Crippen LogP contribution is -2.23. The van der Waals surface area contributed by atoms with E-state index in [1.165, 1.54) is 16.8 Å². The Hall–Kier alpha value is -1.43. The van der Waals surface area contributed by atoms with Crippen molar-refractivity contribution < 1.29 is 13.9 Å². The molecule has 0 radical (unpaired) electrons. The zero-order valence-corrected chi connectivity index (χ0v) is 7.80. The number of alkyl halides is 1. The number of ether oxygens (including phenoxy) is 2. The average molecular weight is 212 g/mol. The topological polar surface area (TPSA) is 53.4 Å². The molecule has 2 bridgehead atoms. The highest BCUT2D eigenvalue weighted by atomic mass is 19.1. The Balaban J connectivity index is 2.11.